The first-order chi connectivity index (χ1) is 13.3. The molecule has 0 saturated heterocycles. The SMILES string of the molecule is COc1ccc(-c2cc(COS(C)(=O)=O)c(=O)n(CC3CCCC3)n2)cc1F. The molecule has 1 aromatic carbocycles. The molecule has 3 rings (SSSR count). The van der Waals surface area contributed by atoms with E-state index in [1.807, 2.05) is 0 Å². The van der Waals surface area contributed by atoms with E-state index in [2.05, 4.69) is 5.10 Å². The summed E-state index contributed by atoms with van der Waals surface area (Å²) in [6.45, 7) is 0.0493. The predicted octanol–water partition coefficient (Wildman–Crippen LogP) is 2.72. The van der Waals surface area contributed by atoms with Gasteiger partial charge in [0.2, 0.25) is 0 Å². The summed E-state index contributed by atoms with van der Waals surface area (Å²) >= 11 is 0. The zero-order chi connectivity index (χ0) is 20.3. The third-order valence-corrected chi connectivity index (χ3v) is 5.38. The van der Waals surface area contributed by atoms with Gasteiger partial charge in [0.05, 0.1) is 25.7 Å². The fourth-order valence-corrected chi connectivity index (χ4v) is 3.74. The van der Waals surface area contributed by atoms with E-state index in [0.717, 1.165) is 31.9 Å². The number of rotatable bonds is 7. The smallest absolute Gasteiger partial charge is 0.272 e. The molecular formula is C19H23FN2O5S. The Morgan fingerprint density at radius 2 is 1.96 bits per heavy atom. The molecule has 152 valence electrons. The lowest BCUT2D eigenvalue weighted by molar-refractivity contribution is 0.306. The van der Waals surface area contributed by atoms with Gasteiger partial charge in [-0.2, -0.15) is 13.5 Å². The average molecular weight is 410 g/mol. The van der Waals surface area contributed by atoms with E-state index in [1.54, 1.807) is 6.07 Å². The Morgan fingerprint density at radius 3 is 2.57 bits per heavy atom. The van der Waals surface area contributed by atoms with Gasteiger partial charge >= 0.3 is 0 Å². The Morgan fingerprint density at radius 1 is 1.25 bits per heavy atom. The van der Waals surface area contributed by atoms with E-state index in [0.29, 0.717) is 23.7 Å². The molecule has 9 heteroatoms. The molecule has 1 heterocycles. The number of methoxy groups -OCH3 is 1. The van der Waals surface area contributed by atoms with Crippen LogP contribution < -0.4 is 10.3 Å². The van der Waals surface area contributed by atoms with E-state index in [-0.39, 0.29) is 11.3 Å². The van der Waals surface area contributed by atoms with Crippen LogP contribution in [0, 0.1) is 11.7 Å². The van der Waals surface area contributed by atoms with Crippen LogP contribution in [0.15, 0.2) is 29.1 Å². The number of benzene rings is 1. The van der Waals surface area contributed by atoms with Crippen molar-refractivity contribution in [2.24, 2.45) is 5.92 Å². The van der Waals surface area contributed by atoms with Crippen LogP contribution in [0.5, 0.6) is 5.75 Å². The van der Waals surface area contributed by atoms with Crippen LogP contribution in [0.4, 0.5) is 4.39 Å². The average Bonchev–Trinajstić information content (AvgIpc) is 3.14. The summed E-state index contributed by atoms with van der Waals surface area (Å²) in [5.41, 5.74) is 0.586. The van der Waals surface area contributed by atoms with E-state index in [9.17, 15) is 17.6 Å². The zero-order valence-corrected chi connectivity index (χ0v) is 16.7. The summed E-state index contributed by atoms with van der Waals surface area (Å²) in [6, 6.07) is 5.83. The summed E-state index contributed by atoms with van der Waals surface area (Å²) in [5, 5.41) is 4.40. The van der Waals surface area contributed by atoms with Gasteiger partial charge in [-0.25, -0.2) is 9.07 Å². The molecule has 0 amide bonds. The fourth-order valence-electron chi connectivity index (χ4n) is 3.40. The summed E-state index contributed by atoms with van der Waals surface area (Å²) in [7, 11) is -2.34. The molecule has 0 bridgehead atoms. The second-order valence-corrected chi connectivity index (χ2v) is 8.65. The van der Waals surface area contributed by atoms with Gasteiger partial charge in [0.1, 0.15) is 0 Å². The normalized spacial score (nSPS) is 15.1. The molecular weight excluding hydrogens is 387 g/mol. The zero-order valence-electron chi connectivity index (χ0n) is 15.9. The fraction of sp³-hybridized carbons (Fsp3) is 0.474. The molecule has 0 unspecified atom stereocenters. The number of aromatic nitrogens is 2. The maximum atomic E-state index is 14.1. The van der Waals surface area contributed by atoms with Gasteiger partial charge < -0.3 is 4.74 Å². The molecule has 0 N–H and O–H groups in total. The van der Waals surface area contributed by atoms with Gasteiger partial charge in [0.25, 0.3) is 15.7 Å². The van der Waals surface area contributed by atoms with Crippen molar-refractivity contribution < 1.29 is 21.7 Å². The van der Waals surface area contributed by atoms with Gasteiger partial charge in [-0.15, -0.1) is 0 Å². The van der Waals surface area contributed by atoms with Crippen molar-refractivity contribution in [2.45, 2.75) is 38.8 Å². The van der Waals surface area contributed by atoms with Crippen molar-refractivity contribution in [3.63, 3.8) is 0 Å². The van der Waals surface area contributed by atoms with Crippen molar-refractivity contribution in [1.82, 2.24) is 9.78 Å². The molecule has 1 saturated carbocycles. The lowest BCUT2D eigenvalue weighted by atomic mass is 10.1. The summed E-state index contributed by atoms with van der Waals surface area (Å²) in [6.07, 6.45) is 5.19. The first-order valence-electron chi connectivity index (χ1n) is 9.06. The largest absolute Gasteiger partial charge is 0.494 e. The van der Waals surface area contributed by atoms with E-state index < -0.39 is 28.1 Å². The van der Waals surface area contributed by atoms with Crippen LogP contribution in [0.1, 0.15) is 31.2 Å². The molecule has 0 spiro atoms. The highest BCUT2D eigenvalue weighted by Gasteiger charge is 2.19. The van der Waals surface area contributed by atoms with Crippen LogP contribution in [-0.4, -0.2) is 31.6 Å². The minimum absolute atomic E-state index is 0.101. The Balaban J connectivity index is 2.02. The van der Waals surface area contributed by atoms with Crippen molar-refractivity contribution in [1.29, 1.82) is 0 Å². The van der Waals surface area contributed by atoms with E-state index >= 15 is 0 Å². The number of ether oxygens (including phenoxy) is 1. The number of hydrogen-bond acceptors (Lipinski definition) is 6. The predicted molar refractivity (Wildman–Crippen MR) is 102 cm³/mol. The highest BCUT2D eigenvalue weighted by Crippen LogP contribution is 2.27. The van der Waals surface area contributed by atoms with Gasteiger partial charge in [-0.3, -0.25) is 8.98 Å². The standard InChI is InChI=1S/C19H23FN2O5S/c1-26-18-8-7-14(9-16(18)20)17-10-15(12-27-28(2,24)25)19(23)22(21-17)11-13-5-3-4-6-13/h7-10,13H,3-6,11-12H2,1-2H3. The molecule has 1 aliphatic rings. The highest BCUT2D eigenvalue weighted by molar-refractivity contribution is 7.85. The Labute approximate surface area is 163 Å². The Hall–Kier alpha value is -2.26. The van der Waals surface area contributed by atoms with Gasteiger partial charge in [-0.05, 0) is 43.0 Å². The van der Waals surface area contributed by atoms with Crippen molar-refractivity contribution in [3.8, 4) is 17.0 Å². The van der Waals surface area contributed by atoms with Crippen molar-refractivity contribution in [3.05, 3.63) is 46.0 Å². The number of hydrogen-bond donors (Lipinski definition) is 0. The molecule has 1 aliphatic carbocycles. The third-order valence-electron chi connectivity index (χ3n) is 4.83. The monoisotopic (exact) mass is 410 g/mol. The second-order valence-electron chi connectivity index (χ2n) is 7.01. The minimum Gasteiger partial charge on any atom is -0.494 e. The minimum atomic E-state index is -3.71. The number of halogens is 1. The van der Waals surface area contributed by atoms with Crippen LogP contribution in [-0.2, 0) is 27.5 Å². The first kappa shape index (κ1) is 20.5. The molecule has 0 aliphatic heterocycles. The van der Waals surface area contributed by atoms with Gasteiger partial charge in [0.15, 0.2) is 11.6 Å². The highest BCUT2D eigenvalue weighted by atomic mass is 32.2. The van der Waals surface area contributed by atoms with Gasteiger partial charge in [0, 0.05) is 17.7 Å². The van der Waals surface area contributed by atoms with Crippen LogP contribution in [0.3, 0.4) is 0 Å². The molecule has 1 fully saturated rings. The van der Waals surface area contributed by atoms with Crippen molar-refractivity contribution in [2.75, 3.05) is 13.4 Å². The lowest BCUT2D eigenvalue weighted by Gasteiger charge is -2.14. The maximum absolute atomic E-state index is 14.1. The Kier molecular flexibility index (Phi) is 6.14. The molecule has 7 nitrogen and oxygen atoms in total. The lowest BCUT2D eigenvalue weighted by Crippen LogP contribution is -2.29. The second kappa shape index (κ2) is 8.40. The summed E-state index contributed by atoms with van der Waals surface area (Å²) in [5.74, 6) is -0.107. The van der Waals surface area contributed by atoms with Gasteiger partial charge in [-0.1, -0.05) is 12.8 Å². The molecule has 0 radical (unpaired) electrons. The number of nitrogens with zero attached hydrogens (tertiary/aromatic N) is 2. The van der Waals surface area contributed by atoms with Crippen LogP contribution >= 0.6 is 0 Å². The molecule has 2 aromatic rings. The molecule has 28 heavy (non-hydrogen) atoms. The van der Waals surface area contributed by atoms with Crippen LogP contribution in [0.25, 0.3) is 11.3 Å². The first-order valence-corrected chi connectivity index (χ1v) is 10.9. The summed E-state index contributed by atoms with van der Waals surface area (Å²) in [4.78, 5) is 12.8. The van der Waals surface area contributed by atoms with Crippen LogP contribution in [0.2, 0.25) is 0 Å². The molecule has 1 aromatic heterocycles. The quantitative estimate of drug-likeness (QED) is 0.653. The molecule has 0 atom stereocenters. The topological polar surface area (TPSA) is 87.5 Å². The Bertz CT molecular complexity index is 1010. The van der Waals surface area contributed by atoms with E-state index in [1.165, 1.54) is 30.0 Å². The summed E-state index contributed by atoms with van der Waals surface area (Å²) < 4.78 is 47.9. The maximum Gasteiger partial charge on any atom is 0.272 e. The van der Waals surface area contributed by atoms with Crippen molar-refractivity contribution >= 4 is 10.1 Å². The third kappa shape index (κ3) is 4.96. The van der Waals surface area contributed by atoms with E-state index in [4.69, 9.17) is 8.92 Å².